The standard InChI is InChI=1S/C14H12ClN3O/c15-12-8-6-11(7-9-12)10-16-18-14(19)17-13-4-2-1-3-5-13/h1-10H,(H2,17,18,19)/b16-10-. The Labute approximate surface area is 116 Å². The van der Waals surface area contributed by atoms with Gasteiger partial charge in [0.1, 0.15) is 0 Å². The maximum atomic E-state index is 11.5. The molecule has 0 saturated carbocycles. The minimum Gasteiger partial charge on any atom is -0.307 e. The molecule has 5 heteroatoms. The van der Waals surface area contributed by atoms with Crippen molar-refractivity contribution in [2.45, 2.75) is 0 Å². The lowest BCUT2D eigenvalue weighted by atomic mass is 10.2. The van der Waals surface area contributed by atoms with E-state index in [9.17, 15) is 4.79 Å². The molecule has 19 heavy (non-hydrogen) atoms. The minimum absolute atomic E-state index is 0.392. The number of amides is 2. The average Bonchev–Trinajstić information content (AvgIpc) is 2.42. The van der Waals surface area contributed by atoms with Crippen molar-refractivity contribution in [1.82, 2.24) is 5.43 Å². The molecular formula is C14H12ClN3O. The van der Waals surface area contributed by atoms with E-state index in [0.717, 1.165) is 5.56 Å². The number of benzene rings is 2. The van der Waals surface area contributed by atoms with E-state index in [1.165, 1.54) is 0 Å². The predicted molar refractivity (Wildman–Crippen MR) is 77.6 cm³/mol. The highest BCUT2D eigenvalue weighted by molar-refractivity contribution is 6.30. The summed E-state index contributed by atoms with van der Waals surface area (Å²) in [6.45, 7) is 0. The van der Waals surface area contributed by atoms with E-state index >= 15 is 0 Å². The molecule has 0 bridgehead atoms. The largest absolute Gasteiger partial charge is 0.339 e. The lowest BCUT2D eigenvalue weighted by molar-refractivity contribution is 0.252. The van der Waals surface area contributed by atoms with Gasteiger partial charge in [-0.3, -0.25) is 0 Å². The van der Waals surface area contributed by atoms with Crippen LogP contribution in [-0.2, 0) is 0 Å². The molecule has 0 aromatic heterocycles. The monoisotopic (exact) mass is 273 g/mol. The first-order valence-corrected chi connectivity index (χ1v) is 6.02. The third-order valence-electron chi connectivity index (χ3n) is 2.28. The van der Waals surface area contributed by atoms with E-state index in [1.54, 1.807) is 30.5 Å². The fourth-order valence-electron chi connectivity index (χ4n) is 1.39. The van der Waals surface area contributed by atoms with Gasteiger partial charge in [-0.1, -0.05) is 41.9 Å². The number of nitrogens with zero attached hydrogens (tertiary/aromatic N) is 1. The smallest absolute Gasteiger partial charge is 0.307 e. The third kappa shape index (κ3) is 4.44. The van der Waals surface area contributed by atoms with Gasteiger partial charge in [-0.15, -0.1) is 0 Å². The van der Waals surface area contributed by atoms with Gasteiger partial charge in [0, 0.05) is 10.7 Å². The number of hydrogen-bond donors (Lipinski definition) is 2. The molecule has 0 aliphatic heterocycles. The third-order valence-corrected chi connectivity index (χ3v) is 2.53. The second-order valence-electron chi connectivity index (χ2n) is 3.74. The van der Waals surface area contributed by atoms with Gasteiger partial charge in [0.05, 0.1) is 6.21 Å². The van der Waals surface area contributed by atoms with Crippen molar-refractivity contribution < 1.29 is 4.79 Å². The van der Waals surface area contributed by atoms with Crippen molar-refractivity contribution >= 4 is 29.5 Å². The van der Waals surface area contributed by atoms with Gasteiger partial charge in [-0.05, 0) is 29.8 Å². The van der Waals surface area contributed by atoms with Gasteiger partial charge in [-0.2, -0.15) is 5.10 Å². The number of hydrogen-bond acceptors (Lipinski definition) is 2. The molecule has 4 nitrogen and oxygen atoms in total. The Morgan fingerprint density at radius 1 is 1.05 bits per heavy atom. The molecule has 2 aromatic rings. The van der Waals surface area contributed by atoms with Gasteiger partial charge in [-0.25, -0.2) is 10.2 Å². The number of rotatable bonds is 3. The van der Waals surface area contributed by atoms with Crippen LogP contribution in [-0.4, -0.2) is 12.2 Å². The lowest BCUT2D eigenvalue weighted by Gasteiger charge is -2.03. The molecule has 0 saturated heterocycles. The molecule has 0 heterocycles. The lowest BCUT2D eigenvalue weighted by Crippen LogP contribution is -2.24. The number of carbonyl (C=O) groups is 1. The van der Waals surface area contributed by atoms with Gasteiger partial charge < -0.3 is 5.32 Å². The molecule has 0 unspecified atom stereocenters. The van der Waals surface area contributed by atoms with E-state index in [0.29, 0.717) is 10.7 Å². The first kappa shape index (κ1) is 13.1. The van der Waals surface area contributed by atoms with Crippen LogP contribution in [0.3, 0.4) is 0 Å². The fourth-order valence-corrected chi connectivity index (χ4v) is 1.52. The topological polar surface area (TPSA) is 53.5 Å². The van der Waals surface area contributed by atoms with Crippen LogP contribution in [0.4, 0.5) is 10.5 Å². The van der Waals surface area contributed by atoms with Gasteiger partial charge in [0.25, 0.3) is 0 Å². The highest BCUT2D eigenvalue weighted by atomic mass is 35.5. The summed E-state index contributed by atoms with van der Waals surface area (Å²) >= 11 is 5.76. The molecule has 0 atom stereocenters. The molecule has 0 fully saturated rings. The van der Waals surface area contributed by atoms with Crippen molar-refractivity contribution in [2.75, 3.05) is 5.32 Å². The molecule has 0 aliphatic carbocycles. The Bertz CT molecular complexity index is 567. The van der Waals surface area contributed by atoms with E-state index in [2.05, 4.69) is 15.8 Å². The summed E-state index contributed by atoms with van der Waals surface area (Å²) in [5.74, 6) is 0. The van der Waals surface area contributed by atoms with E-state index in [-0.39, 0.29) is 0 Å². The summed E-state index contributed by atoms with van der Waals surface area (Å²) in [5.41, 5.74) is 3.94. The molecule has 0 spiro atoms. The zero-order chi connectivity index (χ0) is 13.5. The number of carbonyl (C=O) groups excluding carboxylic acids is 1. The molecule has 0 radical (unpaired) electrons. The van der Waals surface area contributed by atoms with Crippen LogP contribution in [0.5, 0.6) is 0 Å². The van der Waals surface area contributed by atoms with Crippen molar-refractivity contribution in [3.63, 3.8) is 0 Å². The van der Waals surface area contributed by atoms with E-state index in [1.807, 2.05) is 30.3 Å². The van der Waals surface area contributed by atoms with Crippen LogP contribution in [0.25, 0.3) is 0 Å². The second kappa shape index (κ2) is 6.56. The van der Waals surface area contributed by atoms with Crippen molar-refractivity contribution in [3.8, 4) is 0 Å². The maximum absolute atomic E-state index is 11.5. The summed E-state index contributed by atoms with van der Waals surface area (Å²) in [5, 5.41) is 7.15. The highest BCUT2D eigenvalue weighted by Crippen LogP contribution is 2.07. The fraction of sp³-hybridized carbons (Fsp3) is 0. The van der Waals surface area contributed by atoms with Gasteiger partial charge >= 0.3 is 6.03 Å². The average molecular weight is 274 g/mol. The Kier molecular flexibility index (Phi) is 4.53. The Morgan fingerprint density at radius 2 is 1.74 bits per heavy atom. The predicted octanol–water partition coefficient (Wildman–Crippen LogP) is 3.50. The summed E-state index contributed by atoms with van der Waals surface area (Å²) in [4.78, 5) is 11.5. The van der Waals surface area contributed by atoms with Crippen LogP contribution >= 0.6 is 11.6 Å². The van der Waals surface area contributed by atoms with Gasteiger partial charge in [0.2, 0.25) is 0 Å². The number of nitrogens with one attached hydrogen (secondary N) is 2. The zero-order valence-corrected chi connectivity index (χ0v) is 10.8. The summed E-state index contributed by atoms with van der Waals surface area (Å²) in [6, 6.07) is 15.9. The summed E-state index contributed by atoms with van der Waals surface area (Å²) in [6.07, 6.45) is 1.54. The Balaban J connectivity index is 1.85. The first-order valence-electron chi connectivity index (χ1n) is 5.65. The second-order valence-corrected chi connectivity index (χ2v) is 4.18. The number of hydrazone groups is 1. The van der Waals surface area contributed by atoms with E-state index in [4.69, 9.17) is 11.6 Å². The number of urea groups is 1. The van der Waals surface area contributed by atoms with Crippen molar-refractivity contribution in [3.05, 3.63) is 65.2 Å². The first-order chi connectivity index (χ1) is 9.24. The summed E-state index contributed by atoms with van der Waals surface area (Å²) < 4.78 is 0. The normalized spacial score (nSPS) is 10.4. The van der Waals surface area contributed by atoms with Crippen molar-refractivity contribution in [2.24, 2.45) is 5.10 Å². The molecule has 96 valence electrons. The number of anilines is 1. The van der Waals surface area contributed by atoms with Crippen LogP contribution < -0.4 is 10.7 Å². The molecular weight excluding hydrogens is 262 g/mol. The number of para-hydroxylation sites is 1. The Morgan fingerprint density at radius 3 is 2.42 bits per heavy atom. The maximum Gasteiger partial charge on any atom is 0.339 e. The molecule has 2 rings (SSSR count). The van der Waals surface area contributed by atoms with Crippen LogP contribution in [0, 0.1) is 0 Å². The van der Waals surface area contributed by atoms with Crippen LogP contribution in [0.2, 0.25) is 5.02 Å². The van der Waals surface area contributed by atoms with E-state index < -0.39 is 6.03 Å². The van der Waals surface area contributed by atoms with Crippen LogP contribution in [0.15, 0.2) is 59.7 Å². The molecule has 2 N–H and O–H groups in total. The van der Waals surface area contributed by atoms with Crippen molar-refractivity contribution in [1.29, 1.82) is 0 Å². The number of halogens is 1. The van der Waals surface area contributed by atoms with Gasteiger partial charge in [0.15, 0.2) is 0 Å². The summed E-state index contributed by atoms with van der Waals surface area (Å²) in [7, 11) is 0. The minimum atomic E-state index is -0.392. The van der Waals surface area contributed by atoms with Crippen LogP contribution in [0.1, 0.15) is 5.56 Å². The molecule has 0 aliphatic rings. The zero-order valence-electron chi connectivity index (χ0n) is 10.0. The molecule has 2 aromatic carbocycles. The Hall–Kier alpha value is -2.33. The quantitative estimate of drug-likeness (QED) is 0.653. The molecule has 2 amide bonds. The highest BCUT2D eigenvalue weighted by Gasteiger charge is 1.97. The SMILES string of the molecule is O=C(N/N=C\c1ccc(Cl)cc1)Nc1ccccc1.